The monoisotopic (exact) mass is 275 g/mol. The number of amides is 1. The van der Waals surface area contributed by atoms with Crippen molar-refractivity contribution in [2.45, 2.75) is 6.54 Å². The summed E-state index contributed by atoms with van der Waals surface area (Å²) in [5, 5.41) is 9.67. The van der Waals surface area contributed by atoms with Crippen LogP contribution in [0.3, 0.4) is 0 Å². The summed E-state index contributed by atoms with van der Waals surface area (Å²) >= 11 is 6.01. The molecule has 98 valence electrons. The maximum atomic E-state index is 12.2. The average Bonchev–Trinajstić information content (AvgIpc) is 2.41. The van der Waals surface area contributed by atoms with Gasteiger partial charge in [-0.05, 0) is 29.8 Å². The summed E-state index contributed by atoms with van der Waals surface area (Å²) in [5.41, 5.74) is 1.44. The molecule has 0 unspecified atom stereocenters. The van der Waals surface area contributed by atoms with Crippen LogP contribution >= 0.6 is 11.6 Å². The molecule has 0 saturated heterocycles. The van der Waals surface area contributed by atoms with Crippen molar-refractivity contribution in [1.29, 1.82) is 0 Å². The molecule has 0 atom stereocenters. The summed E-state index contributed by atoms with van der Waals surface area (Å²) in [4.78, 5) is 13.8. The molecule has 0 spiro atoms. The van der Waals surface area contributed by atoms with Crippen LogP contribution in [0.15, 0.2) is 48.5 Å². The van der Waals surface area contributed by atoms with Gasteiger partial charge in [-0.1, -0.05) is 35.9 Å². The number of halogens is 1. The molecular formula is C15H14ClNO2. The topological polar surface area (TPSA) is 40.5 Å². The van der Waals surface area contributed by atoms with Gasteiger partial charge in [0.1, 0.15) is 5.75 Å². The number of phenolic OH excluding ortho intramolecular Hbond substituents is 1. The summed E-state index contributed by atoms with van der Waals surface area (Å²) in [6.45, 7) is 0.463. The molecule has 19 heavy (non-hydrogen) atoms. The molecule has 0 saturated carbocycles. The Morgan fingerprint density at radius 1 is 1.16 bits per heavy atom. The highest BCUT2D eigenvalue weighted by atomic mass is 35.5. The molecule has 4 heteroatoms. The molecule has 0 aromatic heterocycles. The minimum absolute atomic E-state index is 0.126. The van der Waals surface area contributed by atoms with Crippen molar-refractivity contribution in [3.8, 4) is 5.75 Å². The molecule has 1 N–H and O–H groups in total. The minimum Gasteiger partial charge on any atom is -0.508 e. The summed E-state index contributed by atoms with van der Waals surface area (Å²) < 4.78 is 0. The fourth-order valence-corrected chi connectivity index (χ4v) is 2.00. The first-order valence-electron chi connectivity index (χ1n) is 5.86. The molecule has 0 bridgehead atoms. The van der Waals surface area contributed by atoms with E-state index in [1.54, 1.807) is 60.5 Å². The number of rotatable bonds is 3. The van der Waals surface area contributed by atoms with Crippen molar-refractivity contribution >= 4 is 17.5 Å². The molecule has 2 aromatic carbocycles. The number of carbonyl (C=O) groups excluding carboxylic acids is 1. The predicted octanol–water partition coefficient (Wildman–Crippen LogP) is 3.32. The Morgan fingerprint density at radius 2 is 1.79 bits per heavy atom. The van der Waals surface area contributed by atoms with Crippen LogP contribution in [0.1, 0.15) is 15.9 Å². The van der Waals surface area contributed by atoms with Crippen molar-refractivity contribution < 1.29 is 9.90 Å². The second-order valence-electron chi connectivity index (χ2n) is 4.31. The molecule has 0 radical (unpaired) electrons. The molecule has 0 heterocycles. The summed E-state index contributed by atoms with van der Waals surface area (Å²) in [5.74, 6) is 0.0857. The highest BCUT2D eigenvalue weighted by Gasteiger charge is 2.14. The first kappa shape index (κ1) is 13.4. The van der Waals surface area contributed by atoms with Gasteiger partial charge >= 0.3 is 0 Å². The van der Waals surface area contributed by atoms with Gasteiger partial charge in [0.05, 0.1) is 10.6 Å². The van der Waals surface area contributed by atoms with E-state index in [1.165, 1.54) is 0 Å². The van der Waals surface area contributed by atoms with Gasteiger partial charge in [0.15, 0.2) is 0 Å². The van der Waals surface area contributed by atoms with Crippen molar-refractivity contribution in [1.82, 2.24) is 4.90 Å². The highest BCUT2D eigenvalue weighted by molar-refractivity contribution is 6.33. The second kappa shape index (κ2) is 5.76. The molecule has 3 nitrogen and oxygen atoms in total. The molecule has 2 rings (SSSR count). The van der Waals surface area contributed by atoms with E-state index in [9.17, 15) is 9.90 Å². The van der Waals surface area contributed by atoms with Crippen molar-refractivity contribution in [2.24, 2.45) is 0 Å². The summed E-state index contributed by atoms with van der Waals surface area (Å²) in [6.07, 6.45) is 0. The van der Waals surface area contributed by atoms with E-state index in [2.05, 4.69) is 0 Å². The largest absolute Gasteiger partial charge is 0.508 e. The van der Waals surface area contributed by atoms with E-state index in [0.717, 1.165) is 5.56 Å². The minimum atomic E-state index is -0.126. The Bertz CT molecular complexity index is 581. The van der Waals surface area contributed by atoms with Crippen LogP contribution in [0, 0.1) is 0 Å². The van der Waals surface area contributed by atoms with Crippen LogP contribution in [0.2, 0.25) is 5.02 Å². The van der Waals surface area contributed by atoms with Crippen molar-refractivity contribution in [2.75, 3.05) is 7.05 Å². The van der Waals surface area contributed by atoms with Gasteiger partial charge in [-0.15, -0.1) is 0 Å². The quantitative estimate of drug-likeness (QED) is 0.933. The Morgan fingerprint density at radius 3 is 2.42 bits per heavy atom. The summed E-state index contributed by atoms with van der Waals surface area (Å²) in [6, 6.07) is 13.7. The molecule has 2 aromatic rings. The lowest BCUT2D eigenvalue weighted by Crippen LogP contribution is -2.26. The Kier molecular flexibility index (Phi) is 4.07. The fourth-order valence-electron chi connectivity index (χ4n) is 1.79. The molecule has 0 aliphatic carbocycles. The number of nitrogens with zero attached hydrogens (tertiary/aromatic N) is 1. The van der Waals surface area contributed by atoms with Crippen LogP contribution in [-0.4, -0.2) is 23.0 Å². The Balaban J connectivity index is 2.12. The van der Waals surface area contributed by atoms with E-state index in [-0.39, 0.29) is 11.7 Å². The number of benzene rings is 2. The van der Waals surface area contributed by atoms with E-state index in [1.807, 2.05) is 0 Å². The van der Waals surface area contributed by atoms with E-state index >= 15 is 0 Å². The van der Waals surface area contributed by atoms with Crippen LogP contribution in [0.4, 0.5) is 0 Å². The second-order valence-corrected chi connectivity index (χ2v) is 4.71. The van der Waals surface area contributed by atoms with Gasteiger partial charge in [-0.25, -0.2) is 0 Å². The van der Waals surface area contributed by atoms with Crippen LogP contribution in [0.5, 0.6) is 5.75 Å². The zero-order valence-electron chi connectivity index (χ0n) is 10.5. The lowest BCUT2D eigenvalue weighted by molar-refractivity contribution is 0.0785. The third kappa shape index (κ3) is 3.26. The maximum absolute atomic E-state index is 12.2. The Hall–Kier alpha value is -2.00. The standard InChI is InChI=1S/C15H14ClNO2/c1-17(10-11-6-8-12(18)9-7-11)15(19)13-4-2-3-5-14(13)16/h2-9,18H,10H2,1H3. The van der Waals surface area contributed by atoms with Gasteiger partial charge in [0.2, 0.25) is 0 Å². The number of aromatic hydroxyl groups is 1. The first-order chi connectivity index (χ1) is 9.08. The molecule has 0 aliphatic rings. The van der Waals surface area contributed by atoms with Gasteiger partial charge < -0.3 is 10.0 Å². The molecule has 0 fully saturated rings. The van der Waals surface area contributed by atoms with Gasteiger partial charge in [0, 0.05) is 13.6 Å². The van der Waals surface area contributed by atoms with Crippen LogP contribution in [0.25, 0.3) is 0 Å². The first-order valence-corrected chi connectivity index (χ1v) is 6.23. The normalized spacial score (nSPS) is 10.2. The summed E-state index contributed by atoms with van der Waals surface area (Å²) in [7, 11) is 1.72. The lowest BCUT2D eigenvalue weighted by atomic mass is 10.1. The van der Waals surface area contributed by atoms with Crippen molar-refractivity contribution in [3.05, 3.63) is 64.7 Å². The van der Waals surface area contributed by atoms with Gasteiger partial charge in [0.25, 0.3) is 5.91 Å². The van der Waals surface area contributed by atoms with E-state index < -0.39 is 0 Å². The SMILES string of the molecule is CN(Cc1ccc(O)cc1)C(=O)c1ccccc1Cl. The van der Waals surface area contributed by atoms with Crippen molar-refractivity contribution in [3.63, 3.8) is 0 Å². The lowest BCUT2D eigenvalue weighted by Gasteiger charge is -2.18. The van der Waals surface area contributed by atoms with Crippen LogP contribution < -0.4 is 0 Å². The smallest absolute Gasteiger partial charge is 0.255 e. The third-order valence-electron chi connectivity index (χ3n) is 2.81. The number of carbonyl (C=O) groups is 1. The van der Waals surface area contributed by atoms with E-state index in [0.29, 0.717) is 17.1 Å². The molecule has 0 aliphatic heterocycles. The van der Waals surface area contributed by atoms with Gasteiger partial charge in [-0.2, -0.15) is 0 Å². The molecule has 1 amide bonds. The fraction of sp³-hybridized carbons (Fsp3) is 0.133. The zero-order valence-corrected chi connectivity index (χ0v) is 11.3. The average molecular weight is 276 g/mol. The zero-order chi connectivity index (χ0) is 13.8. The molecular weight excluding hydrogens is 262 g/mol. The van der Waals surface area contributed by atoms with Gasteiger partial charge in [-0.3, -0.25) is 4.79 Å². The number of hydrogen-bond donors (Lipinski definition) is 1. The predicted molar refractivity (Wildman–Crippen MR) is 75.4 cm³/mol. The maximum Gasteiger partial charge on any atom is 0.255 e. The number of phenols is 1. The Labute approximate surface area is 117 Å². The van der Waals surface area contributed by atoms with Crippen LogP contribution in [-0.2, 0) is 6.54 Å². The third-order valence-corrected chi connectivity index (χ3v) is 3.14. The number of hydrogen-bond acceptors (Lipinski definition) is 2. The van der Waals surface area contributed by atoms with E-state index in [4.69, 9.17) is 11.6 Å². The highest BCUT2D eigenvalue weighted by Crippen LogP contribution is 2.18.